The van der Waals surface area contributed by atoms with Gasteiger partial charge in [0.25, 0.3) is 0 Å². The molecule has 0 unspecified atom stereocenters. The molecule has 2 atom stereocenters. The van der Waals surface area contributed by atoms with Crippen molar-refractivity contribution in [3.63, 3.8) is 0 Å². The van der Waals surface area contributed by atoms with Crippen molar-refractivity contribution in [2.45, 2.75) is 61.3 Å². The zero-order valence-electron chi connectivity index (χ0n) is 16.4. The van der Waals surface area contributed by atoms with Crippen LogP contribution >= 0.6 is 0 Å². The molecule has 0 bridgehead atoms. The summed E-state index contributed by atoms with van der Waals surface area (Å²) in [5.74, 6) is -1.02. The summed E-state index contributed by atoms with van der Waals surface area (Å²) in [6, 6.07) is 13.0. The van der Waals surface area contributed by atoms with Crippen LogP contribution in [0.1, 0.15) is 44.1 Å². The fraction of sp³-hybridized carbons (Fsp3) is 0.478. The topological polar surface area (TPSA) is 37.4 Å². The average molecular weight is 420 g/mol. The maximum Gasteiger partial charge on any atom is 0.181 e. The van der Waals surface area contributed by atoms with Crippen LogP contribution in [0.15, 0.2) is 53.4 Å². The van der Waals surface area contributed by atoms with Gasteiger partial charge < -0.3 is 0 Å². The second-order valence-electron chi connectivity index (χ2n) is 8.45. The molecule has 4 rings (SSSR count). The SMILES string of the molecule is O=S(=O)(c1cc(F)cc(F)c1)[C@H]1CC[C@@H](N(Cc2ccccc2)CC2CCC2)C1. The highest BCUT2D eigenvalue weighted by Gasteiger charge is 2.38. The monoisotopic (exact) mass is 419 g/mol. The van der Waals surface area contributed by atoms with Crippen LogP contribution in [-0.2, 0) is 16.4 Å². The van der Waals surface area contributed by atoms with Gasteiger partial charge in [-0.15, -0.1) is 0 Å². The van der Waals surface area contributed by atoms with Crippen LogP contribution in [0.2, 0.25) is 0 Å². The van der Waals surface area contributed by atoms with E-state index in [9.17, 15) is 17.2 Å². The van der Waals surface area contributed by atoms with E-state index in [1.54, 1.807) is 0 Å². The Labute approximate surface area is 171 Å². The fourth-order valence-electron chi connectivity index (χ4n) is 4.58. The number of nitrogens with zero attached hydrogens (tertiary/aromatic N) is 1. The molecular formula is C23H27F2NO2S. The second-order valence-corrected chi connectivity index (χ2v) is 10.7. The van der Waals surface area contributed by atoms with Crippen molar-refractivity contribution < 1.29 is 17.2 Å². The zero-order chi connectivity index (χ0) is 20.4. The van der Waals surface area contributed by atoms with E-state index in [4.69, 9.17) is 0 Å². The molecule has 2 aliphatic carbocycles. The largest absolute Gasteiger partial charge is 0.296 e. The lowest BCUT2D eigenvalue weighted by molar-refractivity contribution is 0.126. The summed E-state index contributed by atoms with van der Waals surface area (Å²) in [5, 5.41) is -0.589. The maximum absolute atomic E-state index is 13.6. The highest BCUT2D eigenvalue weighted by Crippen LogP contribution is 2.36. The van der Waals surface area contributed by atoms with Gasteiger partial charge in [0.2, 0.25) is 0 Å². The van der Waals surface area contributed by atoms with E-state index < -0.39 is 26.7 Å². The van der Waals surface area contributed by atoms with Gasteiger partial charge in [0.05, 0.1) is 10.1 Å². The van der Waals surface area contributed by atoms with Gasteiger partial charge in [0, 0.05) is 25.2 Å². The molecular weight excluding hydrogens is 392 g/mol. The van der Waals surface area contributed by atoms with Crippen LogP contribution in [0.4, 0.5) is 8.78 Å². The molecule has 0 aliphatic heterocycles. The fourth-order valence-corrected chi connectivity index (χ4v) is 6.44. The maximum atomic E-state index is 13.6. The first kappa shape index (κ1) is 20.5. The number of rotatable bonds is 7. The first-order valence-electron chi connectivity index (χ1n) is 10.4. The minimum Gasteiger partial charge on any atom is -0.296 e. The van der Waals surface area contributed by atoms with Crippen LogP contribution in [0.25, 0.3) is 0 Å². The Bertz CT molecular complexity index is 924. The highest BCUT2D eigenvalue weighted by molar-refractivity contribution is 7.92. The summed E-state index contributed by atoms with van der Waals surface area (Å²) < 4.78 is 53.1. The molecule has 2 aliphatic rings. The summed E-state index contributed by atoms with van der Waals surface area (Å²) in [7, 11) is -3.75. The number of benzene rings is 2. The van der Waals surface area contributed by atoms with E-state index in [0.29, 0.717) is 24.8 Å². The van der Waals surface area contributed by atoms with Gasteiger partial charge in [-0.25, -0.2) is 17.2 Å². The summed E-state index contributed by atoms with van der Waals surface area (Å²) in [4.78, 5) is 2.19. The molecule has 2 aromatic carbocycles. The second kappa shape index (κ2) is 8.52. The van der Waals surface area contributed by atoms with E-state index in [-0.39, 0.29) is 10.9 Å². The van der Waals surface area contributed by atoms with Gasteiger partial charge in [-0.1, -0.05) is 36.8 Å². The van der Waals surface area contributed by atoms with Gasteiger partial charge in [0.15, 0.2) is 9.84 Å². The third kappa shape index (κ3) is 4.69. The molecule has 2 aromatic rings. The molecule has 0 saturated heterocycles. The quantitative estimate of drug-likeness (QED) is 0.636. The van der Waals surface area contributed by atoms with Crippen LogP contribution in [0.5, 0.6) is 0 Å². The van der Waals surface area contributed by atoms with Crippen LogP contribution in [0, 0.1) is 17.6 Å². The number of hydrogen-bond acceptors (Lipinski definition) is 3. The first-order valence-corrected chi connectivity index (χ1v) is 11.9. The standard InChI is InChI=1S/C23H27F2NO2S/c24-19-11-20(25)13-23(12-19)29(27,28)22-10-9-21(14-22)26(16-18-7-4-8-18)15-17-5-2-1-3-6-17/h1-3,5-6,11-13,18,21-22H,4,7-10,14-16H2/t21-,22+/m1/s1. The Balaban J connectivity index is 1.50. The van der Waals surface area contributed by atoms with Crippen LogP contribution in [0.3, 0.4) is 0 Å². The third-order valence-corrected chi connectivity index (χ3v) is 8.62. The van der Waals surface area contributed by atoms with Crippen molar-refractivity contribution in [1.29, 1.82) is 0 Å². The molecule has 3 nitrogen and oxygen atoms in total. The van der Waals surface area contributed by atoms with Gasteiger partial charge in [-0.05, 0) is 55.7 Å². The Morgan fingerprint density at radius 1 is 0.931 bits per heavy atom. The Hall–Kier alpha value is -1.79. The van der Waals surface area contributed by atoms with Crippen molar-refractivity contribution >= 4 is 9.84 Å². The van der Waals surface area contributed by atoms with Crippen molar-refractivity contribution in [2.75, 3.05) is 6.54 Å². The summed E-state index contributed by atoms with van der Waals surface area (Å²) >= 11 is 0. The summed E-state index contributed by atoms with van der Waals surface area (Å²) in [5.41, 5.74) is 1.23. The Kier molecular flexibility index (Phi) is 6.02. The average Bonchev–Trinajstić information content (AvgIpc) is 3.14. The van der Waals surface area contributed by atoms with Gasteiger partial charge in [-0.2, -0.15) is 0 Å². The van der Waals surface area contributed by atoms with Gasteiger partial charge >= 0.3 is 0 Å². The number of halogens is 2. The molecule has 2 fully saturated rings. The lowest BCUT2D eigenvalue weighted by Crippen LogP contribution is -2.39. The Morgan fingerprint density at radius 2 is 1.62 bits per heavy atom. The molecule has 0 aromatic heterocycles. The zero-order valence-corrected chi connectivity index (χ0v) is 17.3. The molecule has 29 heavy (non-hydrogen) atoms. The third-order valence-electron chi connectivity index (χ3n) is 6.42. The van der Waals surface area contributed by atoms with Gasteiger partial charge in [-0.3, -0.25) is 4.90 Å². The van der Waals surface area contributed by atoms with E-state index >= 15 is 0 Å². The van der Waals surface area contributed by atoms with Crippen molar-refractivity contribution in [2.24, 2.45) is 5.92 Å². The van der Waals surface area contributed by atoms with E-state index in [2.05, 4.69) is 17.0 Å². The minimum atomic E-state index is -3.75. The van der Waals surface area contributed by atoms with Crippen molar-refractivity contribution in [1.82, 2.24) is 4.90 Å². The molecule has 0 radical (unpaired) electrons. The predicted molar refractivity (Wildman–Crippen MR) is 109 cm³/mol. The molecule has 6 heteroatoms. The number of sulfone groups is 1. The predicted octanol–water partition coefficient (Wildman–Crippen LogP) is 4.96. The first-order chi connectivity index (χ1) is 13.9. The van der Waals surface area contributed by atoms with E-state index in [1.807, 2.05) is 18.2 Å². The smallest absolute Gasteiger partial charge is 0.181 e. The van der Waals surface area contributed by atoms with Crippen LogP contribution in [-0.4, -0.2) is 31.2 Å². The molecule has 0 N–H and O–H groups in total. The molecule has 0 spiro atoms. The molecule has 156 valence electrons. The lowest BCUT2D eigenvalue weighted by atomic mass is 9.84. The van der Waals surface area contributed by atoms with Crippen LogP contribution < -0.4 is 0 Å². The lowest BCUT2D eigenvalue weighted by Gasteiger charge is -2.36. The summed E-state index contributed by atoms with van der Waals surface area (Å²) in [6.45, 7) is 1.80. The van der Waals surface area contributed by atoms with E-state index in [1.165, 1.54) is 24.8 Å². The molecule has 0 amide bonds. The number of hydrogen-bond donors (Lipinski definition) is 0. The minimum absolute atomic E-state index is 0.175. The van der Waals surface area contributed by atoms with E-state index in [0.717, 1.165) is 31.6 Å². The van der Waals surface area contributed by atoms with Crippen molar-refractivity contribution in [3.8, 4) is 0 Å². The highest BCUT2D eigenvalue weighted by atomic mass is 32.2. The van der Waals surface area contributed by atoms with Gasteiger partial charge in [0.1, 0.15) is 11.6 Å². The normalized spacial score (nSPS) is 22.7. The van der Waals surface area contributed by atoms with Crippen molar-refractivity contribution in [3.05, 3.63) is 65.7 Å². The molecule has 2 saturated carbocycles. The Morgan fingerprint density at radius 3 is 2.24 bits per heavy atom. The summed E-state index contributed by atoms with van der Waals surface area (Å²) in [6.07, 6.45) is 5.59. The molecule has 0 heterocycles.